The molecule has 5 nitrogen and oxygen atoms in total. The number of carboxylic acid groups (broad SMARTS) is 1. The molecule has 0 aliphatic carbocycles. The molecule has 0 saturated carbocycles. The first-order valence-electron chi connectivity index (χ1n) is 7.60. The normalized spacial score (nSPS) is 11.8. The summed E-state index contributed by atoms with van der Waals surface area (Å²) < 4.78 is 12.0. The smallest absolute Gasteiger partial charge is 0.320 e. The van der Waals surface area contributed by atoms with Crippen LogP contribution in [0.5, 0.6) is 11.5 Å². The van der Waals surface area contributed by atoms with E-state index in [1.54, 1.807) is 14.0 Å². The first kappa shape index (κ1) is 19.6. The number of carbonyl (C=O) groups is 1. The van der Waals surface area contributed by atoms with Gasteiger partial charge in [0.05, 0.1) is 11.6 Å². The van der Waals surface area contributed by atoms with E-state index in [4.69, 9.17) is 26.2 Å². The molecular weight excluding hydrogens is 410 g/mol. The summed E-state index contributed by atoms with van der Waals surface area (Å²) in [5.41, 5.74) is 1.83. The van der Waals surface area contributed by atoms with Crippen LogP contribution in [-0.2, 0) is 17.9 Å². The quantitative estimate of drug-likeness (QED) is 0.658. The van der Waals surface area contributed by atoms with Crippen LogP contribution in [0.2, 0.25) is 5.02 Å². The highest BCUT2D eigenvalue weighted by Crippen LogP contribution is 2.37. The highest BCUT2D eigenvalue weighted by atomic mass is 79.9. The summed E-state index contributed by atoms with van der Waals surface area (Å²) in [5, 5.41) is 12.5. The molecule has 2 aromatic rings. The van der Waals surface area contributed by atoms with Gasteiger partial charge in [0.1, 0.15) is 12.6 Å². The van der Waals surface area contributed by atoms with Gasteiger partial charge in [0.15, 0.2) is 11.5 Å². The van der Waals surface area contributed by atoms with Crippen LogP contribution in [0.25, 0.3) is 0 Å². The molecule has 2 rings (SSSR count). The largest absolute Gasteiger partial charge is 0.493 e. The third-order valence-corrected chi connectivity index (χ3v) is 4.37. The SMILES string of the molecule is COc1cc(CNC(C)C(=O)O)cc(Br)c1OCc1cccc(Cl)c1. The zero-order valence-electron chi connectivity index (χ0n) is 13.9. The Morgan fingerprint density at radius 3 is 2.72 bits per heavy atom. The molecule has 25 heavy (non-hydrogen) atoms. The van der Waals surface area contributed by atoms with Gasteiger partial charge in [-0.3, -0.25) is 4.79 Å². The Labute approximate surface area is 160 Å². The van der Waals surface area contributed by atoms with E-state index in [0.717, 1.165) is 15.6 Å². The Morgan fingerprint density at radius 2 is 2.08 bits per heavy atom. The summed E-state index contributed by atoms with van der Waals surface area (Å²) in [6.45, 7) is 2.34. The second-order valence-corrected chi connectivity index (χ2v) is 6.76. The van der Waals surface area contributed by atoms with Gasteiger partial charge in [0.25, 0.3) is 0 Å². The molecule has 0 amide bonds. The van der Waals surface area contributed by atoms with Gasteiger partial charge in [-0.2, -0.15) is 0 Å². The van der Waals surface area contributed by atoms with Crippen LogP contribution in [0.1, 0.15) is 18.1 Å². The fourth-order valence-electron chi connectivity index (χ4n) is 2.16. The number of halogens is 2. The topological polar surface area (TPSA) is 67.8 Å². The fraction of sp³-hybridized carbons (Fsp3) is 0.278. The van der Waals surface area contributed by atoms with E-state index in [2.05, 4.69) is 21.2 Å². The predicted molar refractivity (Wildman–Crippen MR) is 100 cm³/mol. The van der Waals surface area contributed by atoms with Crippen LogP contribution in [0.3, 0.4) is 0 Å². The Bertz CT molecular complexity index is 754. The summed E-state index contributed by atoms with van der Waals surface area (Å²) in [6, 6.07) is 10.5. The molecule has 0 radical (unpaired) electrons. The zero-order chi connectivity index (χ0) is 18.4. The van der Waals surface area contributed by atoms with Gasteiger partial charge in [-0.05, 0) is 58.2 Å². The van der Waals surface area contributed by atoms with Crippen molar-refractivity contribution < 1.29 is 19.4 Å². The van der Waals surface area contributed by atoms with E-state index in [9.17, 15) is 4.79 Å². The lowest BCUT2D eigenvalue weighted by molar-refractivity contribution is -0.139. The molecule has 0 fully saturated rings. The first-order chi connectivity index (χ1) is 11.9. The molecule has 2 aromatic carbocycles. The van der Waals surface area contributed by atoms with Crippen molar-refractivity contribution in [1.29, 1.82) is 0 Å². The molecule has 1 atom stereocenters. The predicted octanol–water partition coefficient (Wildman–Crippen LogP) is 4.25. The van der Waals surface area contributed by atoms with E-state index >= 15 is 0 Å². The van der Waals surface area contributed by atoms with Crippen molar-refractivity contribution in [3.8, 4) is 11.5 Å². The number of hydrogen-bond donors (Lipinski definition) is 2. The number of hydrogen-bond acceptors (Lipinski definition) is 4. The average molecular weight is 429 g/mol. The van der Waals surface area contributed by atoms with E-state index in [1.165, 1.54) is 0 Å². The van der Waals surface area contributed by atoms with Crippen LogP contribution in [-0.4, -0.2) is 24.2 Å². The van der Waals surface area contributed by atoms with Crippen LogP contribution >= 0.6 is 27.5 Å². The van der Waals surface area contributed by atoms with E-state index in [0.29, 0.717) is 29.7 Å². The van der Waals surface area contributed by atoms with Crippen molar-refractivity contribution >= 4 is 33.5 Å². The maximum atomic E-state index is 10.9. The van der Waals surface area contributed by atoms with Gasteiger partial charge >= 0.3 is 5.97 Å². The Balaban J connectivity index is 2.12. The Hall–Kier alpha value is -1.76. The Kier molecular flexibility index (Phi) is 7.11. The number of rotatable bonds is 8. The van der Waals surface area contributed by atoms with Crippen LogP contribution in [0, 0.1) is 0 Å². The third-order valence-electron chi connectivity index (χ3n) is 3.54. The number of methoxy groups -OCH3 is 1. The lowest BCUT2D eigenvalue weighted by Gasteiger charge is -2.15. The van der Waals surface area contributed by atoms with E-state index in [1.807, 2.05) is 36.4 Å². The molecule has 134 valence electrons. The highest BCUT2D eigenvalue weighted by molar-refractivity contribution is 9.10. The van der Waals surface area contributed by atoms with Crippen molar-refractivity contribution in [2.45, 2.75) is 26.1 Å². The van der Waals surface area contributed by atoms with Gasteiger partial charge in [0, 0.05) is 11.6 Å². The second kappa shape index (κ2) is 9.08. The van der Waals surface area contributed by atoms with Gasteiger partial charge in [-0.25, -0.2) is 0 Å². The maximum absolute atomic E-state index is 10.9. The molecule has 2 N–H and O–H groups in total. The minimum Gasteiger partial charge on any atom is -0.493 e. The van der Waals surface area contributed by atoms with E-state index in [-0.39, 0.29) is 0 Å². The summed E-state index contributed by atoms with van der Waals surface area (Å²) in [7, 11) is 1.56. The number of nitrogens with one attached hydrogen (secondary N) is 1. The molecule has 0 aliphatic heterocycles. The van der Waals surface area contributed by atoms with Crippen molar-refractivity contribution in [2.24, 2.45) is 0 Å². The highest BCUT2D eigenvalue weighted by Gasteiger charge is 2.14. The van der Waals surface area contributed by atoms with Crippen molar-refractivity contribution in [3.05, 3.63) is 57.0 Å². The van der Waals surface area contributed by atoms with Crippen LogP contribution in [0.4, 0.5) is 0 Å². The lowest BCUT2D eigenvalue weighted by atomic mass is 10.2. The van der Waals surface area contributed by atoms with E-state index < -0.39 is 12.0 Å². The summed E-state index contributed by atoms with van der Waals surface area (Å²) >= 11 is 9.47. The number of aliphatic carboxylic acids is 1. The average Bonchev–Trinajstić information content (AvgIpc) is 2.58. The van der Waals surface area contributed by atoms with Gasteiger partial charge in [0.2, 0.25) is 0 Å². The van der Waals surface area contributed by atoms with Gasteiger partial charge < -0.3 is 19.9 Å². The minimum absolute atomic E-state index is 0.350. The first-order valence-corrected chi connectivity index (χ1v) is 8.77. The molecule has 7 heteroatoms. The summed E-state index contributed by atoms with van der Waals surface area (Å²) in [4.78, 5) is 10.9. The van der Waals surface area contributed by atoms with Crippen LogP contribution in [0.15, 0.2) is 40.9 Å². The molecule has 0 aliphatic rings. The zero-order valence-corrected chi connectivity index (χ0v) is 16.2. The van der Waals surface area contributed by atoms with Gasteiger partial charge in [-0.15, -0.1) is 0 Å². The monoisotopic (exact) mass is 427 g/mol. The molecule has 0 saturated heterocycles. The minimum atomic E-state index is -0.896. The van der Waals surface area contributed by atoms with Crippen molar-refractivity contribution in [1.82, 2.24) is 5.32 Å². The number of carboxylic acids is 1. The number of ether oxygens (including phenoxy) is 2. The molecule has 0 heterocycles. The maximum Gasteiger partial charge on any atom is 0.320 e. The standard InChI is InChI=1S/C18H19BrClNO4/c1-11(18(22)23)21-9-13-7-15(19)17(16(8-13)24-2)25-10-12-4-3-5-14(20)6-12/h3-8,11,21H,9-10H2,1-2H3,(H,22,23). The lowest BCUT2D eigenvalue weighted by Crippen LogP contribution is -2.33. The molecule has 0 spiro atoms. The van der Waals surface area contributed by atoms with Crippen molar-refractivity contribution in [3.63, 3.8) is 0 Å². The van der Waals surface area contributed by atoms with Crippen molar-refractivity contribution in [2.75, 3.05) is 7.11 Å². The molecule has 0 aromatic heterocycles. The molecule has 1 unspecified atom stereocenters. The van der Waals surface area contributed by atoms with Crippen LogP contribution < -0.4 is 14.8 Å². The third kappa shape index (κ3) is 5.63. The molecule has 0 bridgehead atoms. The fourth-order valence-corrected chi connectivity index (χ4v) is 2.97. The second-order valence-electron chi connectivity index (χ2n) is 5.47. The number of benzene rings is 2. The summed E-state index contributed by atoms with van der Waals surface area (Å²) in [5.74, 6) is 0.251. The Morgan fingerprint density at radius 1 is 1.32 bits per heavy atom. The van der Waals surface area contributed by atoms with Gasteiger partial charge in [-0.1, -0.05) is 23.7 Å². The molecular formula is C18H19BrClNO4. The summed E-state index contributed by atoms with van der Waals surface area (Å²) in [6.07, 6.45) is 0.